The highest BCUT2D eigenvalue weighted by atomic mass is 35.5. The van der Waals surface area contributed by atoms with Gasteiger partial charge in [0.2, 0.25) is 0 Å². The summed E-state index contributed by atoms with van der Waals surface area (Å²) in [5.74, 6) is 0.548. The molecular weight excluding hydrogens is 378 g/mol. The van der Waals surface area contributed by atoms with Crippen molar-refractivity contribution < 1.29 is 19.0 Å². The fourth-order valence-electron chi connectivity index (χ4n) is 3.12. The van der Waals surface area contributed by atoms with Gasteiger partial charge in [-0.15, -0.1) is 12.4 Å². The Bertz CT molecular complexity index is 518. The molecule has 5 nitrogen and oxygen atoms in total. The standard InChI is InChI=1S/C22H35NO4.ClH/c1-2-3-4-5-6-7-16-27-22(24)20-9-11-21(12-10-20)26-17-8-13-23-14-18-25-19-15-23;/h9-12H,2-8,13-19H2,1H3;1H. The molecule has 1 aromatic carbocycles. The van der Waals surface area contributed by atoms with Crippen molar-refractivity contribution in [2.45, 2.75) is 51.9 Å². The van der Waals surface area contributed by atoms with Crippen LogP contribution in [0.5, 0.6) is 5.75 Å². The molecule has 0 radical (unpaired) electrons. The number of benzene rings is 1. The average molecular weight is 414 g/mol. The lowest BCUT2D eigenvalue weighted by Crippen LogP contribution is -2.37. The molecular formula is C22H36ClNO4. The monoisotopic (exact) mass is 413 g/mol. The predicted octanol–water partition coefficient (Wildman–Crippen LogP) is 4.73. The summed E-state index contributed by atoms with van der Waals surface area (Å²) in [6, 6.07) is 7.24. The number of esters is 1. The van der Waals surface area contributed by atoms with E-state index in [1.807, 2.05) is 12.1 Å². The molecule has 0 spiro atoms. The highest BCUT2D eigenvalue weighted by molar-refractivity contribution is 5.89. The zero-order valence-electron chi connectivity index (χ0n) is 17.2. The number of hydrogen-bond acceptors (Lipinski definition) is 5. The van der Waals surface area contributed by atoms with Crippen LogP contribution in [0.1, 0.15) is 62.2 Å². The van der Waals surface area contributed by atoms with Crippen molar-refractivity contribution in [1.29, 1.82) is 0 Å². The fourth-order valence-corrected chi connectivity index (χ4v) is 3.12. The Labute approximate surface area is 176 Å². The molecule has 0 amide bonds. The van der Waals surface area contributed by atoms with Crippen LogP contribution < -0.4 is 4.74 Å². The molecule has 2 rings (SSSR count). The van der Waals surface area contributed by atoms with E-state index in [0.29, 0.717) is 18.8 Å². The van der Waals surface area contributed by atoms with E-state index < -0.39 is 0 Å². The Hall–Kier alpha value is -1.30. The van der Waals surface area contributed by atoms with Gasteiger partial charge in [-0.1, -0.05) is 39.0 Å². The highest BCUT2D eigenvalue weighted by Crippen LogP contribution is 2.14. The van der Waals surface area contributed by atoms with Crippen molar-refractivity contribution in [3.8, 4) is 5.75 Å². The summed E-state index contributed by atoms with van der Waals surface area (Å²) in [5, 5.41) is 0. The first kappa shape index (κ1) is 24.7. The molecule has 0 aliphatic carbocycles. The number of hydrogen-bond donors (Lipinski definition) is 0. The van der Waals surface area contributed by atoms with E-state index in [2.05, 4.69) is 11.8 Å². The zero-order valence-corrected chi connectivity index (χ0v) is 18.0. The number of morpholine rings is 1. The normalized spacial score (nSPS) is 14.3. The van der Waals surface area contributed by atoms with Gasteiger partial charge in [-0.05, 0) is 37.1 Å². The van der Waals surface area contributed by atoms with Gasteiger partial charge in [0.1, 0.15) is 5.75 Å². The highest BCUT2D eigenvalue weighted by Gasteiger charge is 2.10. The lowest BCUT2D eigenvalue weighted by Gasteiger charge is -2.26. The van der Waals surface area contributed by atoms with Crippen LogP contribution in [-0.2, 0) is 9.47 Å². The van der Waals surface area contributed by atoms with Gasteiger partial charge in [0, 0.05) is 19.6 Å². The summed E-state index contributed by atoms with van der Waals surface area (Å²) in [4.78, 5) is 14.4. The lowest BCUT2D eigenvalue weighted by molar-refractivity contribution is 0.0358. The van der Waals surface area contributed by atoms with E-state index in [-0.39, 0.29) is 18.4 Å². The summed E-state index contributed by atoms with van der Waals surface area (Å²) in [5.41, 5.74) is 0.585. The molecule has 1 aliphatic rings. The van der Waals surface area contributed by atoms with Gasteiger partial charge in [-0.2, -0.15) is 0 Å². The summed E-state index contributed by atoms with van der Waals surface area (Å²) in [7, 11) is 0. The maximum Gasteiger partial charge on any atom is 0.338 e. The van der Waals surface area contributed by atoms with Crippen LogP contribution in [-0.4, -0.2) is 56.9 Å². The SMILES string of the molecule is CCCCCCCCOC(=O)c1ccc(OCCCN2CCOCC2)cc1.Cl. The van der Waals surface area contributed by atoms with Gasteiger partial charge in [-0.3, -0.25) is 4.90 Å². The summed E-state index contributed by atoms with van der Waals surface area (Å²) in [6.07, 6.45) is 8.11. The van der Waals surface area contributed by atoms with E-state index >= 15 is 0 Å². The second kappa shape index (κ2) is 15.6. The molecule has 1 aliphatic heterocycles. The summed E-state index contributed by atoms with van der Waals surface area (Å²) >= 11 is 0. The summed E-state index contributed by atoms with van der Waals surface area (Å²) < 4.78 is 16.5. The van der Waals surface area contributed by atoms with Crippen LogP contribution in [0, 0.1) is 0 Å². The topological polar surface area (TPSA) is 48.0 Å². The Kier molecular flexibility index (Phi) is 13.8. The van der Waals surface area contributed by atoms with Gasteiger partial charge in [0.15, 0.2) is 0 Å². The van der Waals surface area contributed by atoms with E-state index in [4.69, 9.17) is 14.2 Å². The molecule has 0 saturated carbocycles. The number of ether oxygens (including phenoxy) is 3. The molecule has 0 atom stereocenters. The molecule has 1 fully saturated rings. The van der Waals surface area contributed by atoms with Crippen LogP contribution in [0.15, 0.2) is 24.3 Å². The molecule has 1 aromatic rings. The second-order valence-electron chi connectivity index (χ2n) is 7.08. The van der Waals surface area contributed by atoms with Gasteiger partial charge in [-0.25, -0.2) is 4.79 Å². The number of carbonyl (C=O) groups is 1. The van der Waals surface area contributed by atoms with Crippen LogP contribution in [0.4, 0.5) is 0 Å². The lowest BCUT2D eigenvalue weighted by atomic mass is 10.1. The number of rotatable bonds is 13. The third kappa shape index (κ3) is 10.3. The van der Waals surface area contributed by atoms with Gasteiger partial charge in [0.25, 0.3) is 0 Å². The minimum atomic E-state index is -0.248. The van der Waals surface area contributed by atoms with Gasteiger partial charge < -0.3 is 14.2 Å². The maximum absolute atomic E-state index is 12.0. The van der Waals surface area contributed by atoms with Gasteiger partial charge in [0.05, 0.1) is 32.0 Å². The van der Waals surface area contributed by atoms with Crippen molar-refractivity contribution in [2.24, 2.45) is 0 Å². The fraction of sp³-hybridized carbons (Fsp3) is 0.682. The van der Waals surface area contributed by atoms with Gasteiger partial charge >= 0.3 is 5.97 Å². The van der Waals surface area contributed by atoms with Crippen molar-refractivity contribution >= 4 is 18.4 Å². The Morgan fingerprint density at radius 2 is 1.64 bits per heavy atom. The molecule has 0 aromatic heterocycles. The third-order valence-electron chi connectivity index (χ3n) is 4.81. The second-order valence-corrected chi connectivity index (χ2v) is 7.08. The first-order valence-corrected chi connectivity index (χ1v) is 10.5. The van der Waals surface area contributed by atoms with E-state index in [1.165, 1.54) is 25.7 Å². The van der Waals surface area contributed by atoms with Crippen LogP contribution in [0.2, 0.25) is 0 Å². The third-order valence-corrected chi connectivity index (χ3v) is 4.81. The predicted molar refractivity (Wildman–Crippen MR) is 115 cm³/mol. The number of halogens is 1. The van der Waals surface area contributed by atoms with E-state index in [1.54, 1.807) is 12.1 Å². The molecule has 1 saturated heterocycles. The summed E-state index contributed by atoms with van der Waals surface area (Å²) in [6.45, 7) is 8.11. The molecule has 0 unspecified atom stereocenters. The minimum Gasteiger partial charge on any atom is -0.494 e. The molecule has 160 valence electrons. The molecule has 1 heterocycles. The van der Waals surface area contributed by atoms with Crippen LogP contribution >= 0.6 is 12.4 Å². The first-order chi connectivity index (χ1) is 13.3. The molecule has 0 N–H and O–H groups in total. The van der Waals surface area contributed by atoms with Crippen molar-refractivity contribution in [2.75, 3.05) is 46.1 Å². The smallest absolute Gasteiger partial charge is 0.338 e. The zero-order chi connectivity index (χ0) is 19.2. The van der Waals surface area contributed by atoms with Crippen molar-refractivity contribution in [3.05, 3.63) is 29.8 Å². The number of nitrogens with zero attached hydrogens (tertiary/aromatic N) is 1. The van der Waals surface area contributed by atoms with E-state index in [0.717, 1.165) is 57.9 Å². The van der Waals surface area contributed by atoms with Crippen LogP contribution in [0.3, 0.4) is 0 Å². The number of carbonyl (C=O) groups excluding carboxylic acids is 1. The molecule has 0 bridgehead atoms. The average Bonchev–Trinajstić information content (AvgIpc) is 2.71. The van der Waals surface area contributed by atoms with Crippen LogP contribution in [0.25, 0.3) is 0 Å². The molecule has 6 heteroatoms. The Balaban J connectivity index is 0.00000392. The minimum absolute atomic E-state index is 0. The van der Waals surface area contributed by atoms with Crippen molar-refractivity contribution in [3.63, 3.8) is 0 Å². The number of unbranched alkanes of at least 4 members (excludes halogenated alkanes) is 5. The Morgan fingerprint density at radius 3 is 2.36 bits per heavy atom. The quantitative estimate of drug-likeness (QED) is 0.345. The first-order valence-electron chi connectivity index (χ1n) is 10.5. The van der Waals surface area contributed by atoms with E-state index in [9.17, 15) is 4.79 Å². The maximum atomic E-state index is 12.0. The van der Waals surface area contributed by atoms with Crippen molar-refractivity contribution in [1.82, 2.24) is 4.90 Å². The Morgan fingerprint density at radius 1 is 0.964 bits per heavy atom. The molecule has 28 heavy (non-hydrogen) atoms. The largest absolute Gasteiger partial charge is 0.494 e.